The monoisotopic (exact) mass is 309 g/mol. The standard InChI is InChI=1S/C18H19N3O2/c1-3-17-19-18(23-20-17)13-21(2)15-11-7-8-12-16(15)22-14-9-5-4-6-10-14/h4-12H,3,13H2,1-2H3. The number of aromatic nitrogens is 2. The van der Waals surface area contributed by atoms with Crippen molar-refractivity contribution < 1.29 is 9.26 Å². The Bertz CT molecular complexity index is 756. The van der Waals surface area contributed by atoms with Gasteiger partial charge in [0, 0.05) is 13.5 Å². The van der Waals surface area contributed by atoms with Crippen LogP contribution in [0.4, 0.5) is 5.69 Å². The maximum absolute atomic E-state index is 5.99. The molecule has 1 aromatic heterocycles. The van der Waals surface area contributed by atoms with Crippen molar-refractivity contribution in [3.05, 3.63) is 66.3 Å². The van der Waals surface area contributed by atoms with Gasteiger partial charge in [0.05, 0.1) is 12.2 Å². The van der Waals surface area contributed by atoms with Gasteiger partial charge in [-0.1, -0.05) is 42.4 Å². The van der Waals surface area contributed by atoms with Crippen molar-refractivity contribution in [3.63, 3.8) is 0 Å². The Labute approximate surface area is 135 Å². The van der Waals surface area contributed by atoms with Gasteiger partial charge in [-0.2, -0.15) is 4.98 Å². The number of hydrogen-bond donors (Lipinski definition) is 0. The zero-order valence-corrected chi connectivity index (χ0v) is 13.3. The van der Waals surface area contributed by atoms with Crippen LogP contribution in [-0.4, -0.2) is 17.2 Å². The zero-order chi connectivity index (χ0) is 16.1. The Morgan fingerprint density at radius 1 is 1.04 bits per heavy atom. The van der Waals surface area contributed by atoms with Crippen LogP contribution < -0.4 is 9.64 Å². The maximum Gasteiger partial charge on any atom is 0.246 e. The zero-order valence-electron chi connectivity index (χ0n) is 13.3. The van der Waals surface area contributed by atoms with E-state index in [2.05, 4.69) is 10.1 Å². The van der Waals surface area contributed by atoms with Gasteiger partial charge in [-0.15, -0.1) is 0 Å². The highest BCUT2D eigenvalue weighted by molar-refractivity contribution is 5.59. The molecule has 0 fully saturated rings. The van der Waals surface area contributed by atoms with Crippen molar-refractivity contribution in [3.8, 4) is 11.5 Å². The Morgan fingerprint density at radius 2 is 1.78 bits per heavy atom. The lowest BCUT2D eigenvalue weighted by molar-refractivity contribution is 0.372. The molecule has 0 unspecified atom stereocenters. The van der Waals surface area contributed by atoms with E-state index in [0.717, 1.165) is 29.4 Å². The predicted molar refractivity (Wildman–Crippen MR) is 88.7 cm³/mol. The Kier molecular flexibility index (Phi) is 4.57. The summed E-state index contributed by atoms with van der Waals surface area (Å²) in [7, 11) is 1.98. The highest BCUT2D eigenvalue weighted by atomic mass is 16.5. The van der Waals surface area contributed by atoms with Crippen molar-refractivity contribution in [1.82, 2.24) is 10.1 Å². The van der Waals surface area contributed by atoms with Crippen molar-refractivity contribution in [2.75, 3.05) is 11.9 Å². The lowest BCUT2D eigenvalue weighted by atomic mass is 10.2. The van der Waals surface area contributed by atoms with E-state index in [0.29, 0.717) is 12.4 Å². The fourth-order valence-electron chi connectivity index (χ4n) is 2.26. The fraction of sp³-hybridized carbons (Fsp3) is 0.222. The molecule has 3 rings (SSSR count). The summed E-state index contributed by atoms with van der Waals surface area (Å²) < 4.78 is 11.2. The summed E-state index contributed by atoms with van der Waals surface area (Å²) in [5, 5.41) is 3.93. The van der Waals surface area contributed by atoms with Crippen LogP contribution in [0.1, 0.15) is 18.6 Å². The maximum atomic E-state index is 5.99. The summed E-state index contributed by atoms with van der Waals surface area (Å²) in [4.78, 5) is 6.38. The molecule has 0 aliphatic carbocycles. The lowest BCUT2D eigenvalue weighted by Crippen LogP contribution is -2.17. The van der Waals surface area contributed by atoms with Gasteiger partial charge in [-0.25, -0.2) is 0 Å². The van der Waals surface area contributed by atoms with Crippen LogP contribution in [0.5, 0.6) is 11.5 Å². The summed E-state index contributed by atoms with van der Waals surface area (Å²) in [6.45, 7) is 2.53. The highest BCUT2D eigenvalue weighted by Crippen LogP contribution is 2.32. The first kappa shape index (κ1) is 15.1. The number of nitrogens with zero attached hydrogens (tertiary/aromatic N) is 3. The Morgan fingerprint density at radius 3 is 2.52 bits per heavy atom. The summed E-state index contributed by atoms with van der Waals surface area (Å²) in [6, 6.07) is 17.6. The SMILES string of the molecule is CCc1noc(CN(C)c2ccccc2Oc2ccccc2)n1. The average Bonchev–Trinajstić information content (AvgIpc) is 3.04. The Hall–Kier alpha value is -2.82. The number of para-hydroxylation sites is 3. The minimum Gasteiger partial charge on any atom is -0.455 e. The summed E-state index contributed by atoms with van der Waals surface area (Å²) in [6.07, 6.45) is 0.765. The van der Waals surface area contributed by atoms with Crippen molar-refractivity contribution >= 4 is 5.69 Å². The molecule has 0 saturated carbocycles. The first-order valence-electron chi connectivity index (χ1n) is 7.61. The third-order valence-corrected chi connectivity index (χ3v) is 3.45. The summed E-state index contributed by atoms with van der Waals surface area (Å²) in [5.41, 5.74) is 0.965. The predicted octanol–water partition coefficient (Wildman–Crippen LogP) is 4.06. The van der Waals surface area contributed by atoms with Crippen molar-refractivity contribution in [2.45, 2.75) is 19.9 Å². The minimum atomic E-state index is 0.530. The van der Waals surface area contributed by atoms with Gasteiger partial charge in [0.2, 0.25) is 5.89 Å². The molecule has 5 heteroatoms. The number of anilines is 1. The number of aryl methyl sites for hydroxylation is 1. The Balaban J connectivity index is 1.78. The number of rotatable bonds is 6. The van der Waals surface area contributed by atoms with E-state index < -0.39 is 0 Å². The van der Waals surface area contributed by atoms with E-state index in [1.165, 1.54) is 0 Å². The molecule has 3 aromatic rings. The molecule has 0 amide bonds. The van der Waals surface area contributed by atoms with E-state index >= 15 is 0 Å². The van der Waals surface area contributed by atoms with Gasteiger partial charge in [-0.05, 0) is 24.3 Å². The van der Waals surface area contributed by atoms with Crippen LogP contribution in [0, 0.1) is 0 Å². The largest absolute Gasteiger partial charge is 0.455 e. The summed E-state index contributed by atoms with van der Waals surface area (Å²) in [5.74, 6) is 2.91. The molecule has 0 atom stereocenters. The van der Waals surface area contributed by atoms with E-state index in [-0.39, 0.29) is 0 Å². The van der Waals surface area contributed by atoms with Crippen LogP contribution in [0.15, 0.2) is 59.1 Å². The van der Waals surface area contributed by atoms with Crippen LogP contribution in [-0.2, 0) is 13.0 Å². The van der Waals surface area contributed by atoms with Gasteiger partial charge < -0.3 is 14.2 Å². The van der Waals surface area contributed by atoms with Crippen molar-refractivity contribution in [1.29, 1.82) is 0 Å². The second-order valence-corrected chi connectivity index (χ2v) is 5.20. The molecule has 0 N–H and O–H groups in total. The van der Waals surface area contributed by atoms with E-state index in [4.69, 9.17) is 9.26 Å². The number of hydrogen-bond acceptors (Lipinski definition) is 5. The molecule has 0 aliphatic heterocycles. The third-order valence-electron chi connectivity index (χ3n) is 3.45. The van der Waals surface area contributed by atoms with Crippen molar-refractivity contribution in [2.24, 2.45) is 0 Å². The molecule has 0 radical (unpaired) electrons. The average molecular weight is 309 g/mol. The lowest BCUT2D eigenvalue weighted by Gasteiger charge is -2.20. The van der Waals surface area contributed by atoms with Gasteiger partial charge in [0.15, 0.2) is 11.6 Å². The van der Waals surface area contributed by atoms with Crippen LogP contribution in [0.2, 0.25) is 0 Å². The van der Waals surface area contributed by atoms with Gasteiger partial charge in [0.25, 0.3) is 0 Å². The van der Waals surface area contributed by atoms with Crippen LogP contribution >= 0.6 is 0 Å². The topological polar surface area (TPSA) is 51.4 Å². The van der Waals surface area contributed by atoms with Gasteiger partial charge in [0.1, 0.15) is 5.75 Å². The van der Waals surface area contributed by atoms with Crippen LogP contribution in [0.25, 0.3) is 0 Å². The molecule has 23 heavy (non-hydrogen) atoms. The molecule has 0 saturated heterocycles. The van der Waals surface area contributed by atoms with E-state index in [1.807, 2.05) is 73.5 Å². The molecular formula is C18H19N3O2. The molecule has 1 heterocycles. The molecule has 0 bridgehead atoms. The second kappa shape index (κ2) is 6.96. The van der Waals surface area contributed by atoms with Gasteiger partial charge in [-0.3, -0.25) is 0 Å². The first-order valence-corrected chi connectivity index (χ1v) is 7.61. The molecule has 5 nitrogen and oxygen atoms in total. The fourth-order valence-corrected chi connectivity index (χ4v) is 2.26. The second-order valence-electron chi connectivity index (χ2n) is 5.20. The minimum absolute atomic E-state index is 0.530. The highest BCUT2D eigenvalue weighted by Gasteiger charge is 2.13. The van der Waals surface area contributed by atoms with E-state index in [1.54, 1.807) is 0 Å². The van der Waals surface area contributed by atoms with E-state index in [9.17, 15) is 0 Å². The molecule has 118 valence electrons. The number of benzene rings is 2. The summed E-state index contributed by atoms with van der Waals surface area (Å²) >= 11 is 0. The quantitative estimate of drug-likeness (QED) is 0.687. The smallest absolute Gasteiger partial charge is 0.246 e. The molecule has 0 spiro atoms. The first-order chi connectivity index (χ1) is 11.3. The molecule has 0 aliphatic rings. The van der Waals surface area contributed by atoms with Gasteiger partial charge >= 0.3 is 0 Å². The molecular weight excluding hydrogens is 290 g/mol. The molecule has 2 aromatic carbocycles. The third kappa shape index (κ3) is 3.69. The van der Waals surface area contributed by atoms with Crippen LogP contribution in [0.3, 0.4) is 0 Å². The number of ether oxygens (including phenoxy) is 1. The normalized spacial score (nSPS) is 10.5.